The number of pyridine rings is 2. The van der Waals surface area contributed by atoms with Crippen molar-refractivity contribution in [2.45, 2.75) is 51.5 Å². The van der Waals surface area contributed by atoms with Gasteiger partial charge in [-0.3, -0.25) is 0 Å². The van der Waals surface area contributed by atoms with E-state index in [1.807, 2.05) is 0 Å². The van der Waals surface area contributed by atoms with Gasteiger partial charge in [-0.05, 0) is 63.5 Å². The average Bonchev–Trinajstić information content (AvgIpc) is 2.78. The fraction of sp³-hybridized carbons (Fsp3) is 0.286. The Morgan fingerprint density at radius 2 is 1.84 bits per heavy atom. The summed E-state index contributed by atoms with van der Waals surface area (Å²) in [5, 5.41) is 10.5. The molecule has 3 nitrogen and oxygen atoms in total. The Morgan fingerprint density at radius 3 is 2.68 bits per heavy atom. The predicted molar refractivity (Wildman–Crippen MR) is 124 cm³/mol. The number of benzene rings is 1. The Hall–Kier alpha value is -3.20. The lowest BCUT2D eigenvalue weighted by atomic mass is 9.78. The first kappa shape index (κ1) is 19.7. The molecular weight excluding hydrogens is 380 g/mol. The number of nitrogens with zero attached hydrogens (tertiary/aromatic N) is 2. The largest absolute Gasteiger partial charge is 0.512 e. The third-order valence-corrected chi connectivity index (χ3v) is 6.92. The molecule has 2 aromatic heterocycles. The SMILES string of the molecule is C=C1CC2C(CCC/C(=C(\C)O)c3ccc(C)c[n+]31)c1ccccc1-c1cccc[n+]12. The van der Waals surface area contributed by atoms with E-state index in [0.29, 0.717) is 17.7 Å². The lowest BCUT2D eigenvalue weighted by Gasteiger charge is -2.31. The third kappa shape index (κ3) is 3.38. The maximum atomic E-state index is 10.5. The molecule has 2 atom stereocenters. The summed E-state index contributed by atoms with van der Waals surface area (Å²) in [7, 11) is 0. The molecule has 0 amide bonds. The van der Waals surface area contributed by atoms with Crippen LogP contribution in [0.3, 0.4) is 0 Å². The van der Waals surface area contributed by atoms with Crippen molar-refractivity contribution < 1.29 is 14.2 Å². The summed E-state index contributed by atoms with van der Waals surface area (Å²) in [5.74, 6) is 0.825. The van der Waals surface area contributed by atoms with E-state index in [1.165, 1.54) is 22.4 Å². The minimum absolute atomic E-state index is 0.320. The van der Waals surface area contributed by atoms with E-state index < -0.39 is 0 Å². The molecule has 1 aromatic carbocycles. The summed E-state index contributed by atoms with van der Waals surface area (Å²) in [6.07, 6.45) is 8.22. The van der Waals surface area contributed by atoms with Crippen LogP contribution in [0.4, 0.5) is 0 Å². The van der Waals surface area contributed by atoms with Gasteiger partial charge in [-0.25, -0.2) is 0 Å². The van der Waals surface area contributed by atoms with Crippen LogP contribution < -0.4 is 9.13 Å². The highest BCUT2D eigenvalue weighted by atomic mass is 16.3. The third-order valence-electron chi connectivity index (χ3n) is 6.92. The van der Waals surface area contributed by atoms with Crippen molar-refractivity contribution in [2.24, 2.45) is 0 Å². The van der Waals surface area contributed by atoms with E-state index >= 15 is 0 Å². The second-order valence-electron chi connectivity index (χ2n) is 8.94. The molecule has 0 saturated carbocycles. The summed E-state index contributed by atoms with van der Waals surface area (Å²) in [6, 6.07) is 19.9. The van der Waals surface area contributed by atoms with Gasteiger partial charge in [0.15, 0.2) is 24.1 Å². The molecule has 156 valence electrons. The summed E-state index contributed by atoms with van der Waals surface area (Å²) in [6.45, 7) is 8.44. The summed E-state index contributed by atoms with van der Waals surface area (Å²) >= 11 is 0. The quantitative estimate of drug-likeness (QED) is 0.362. The first-order chi connectivity index (χ1) is 15.0. The lowest BCUT2D eigenvalue weighted by molar-refractivity contribution is -0.720. The van der Waals surface area contributed by atoms with Crippen LogP contribution in [-0.2, 0) is 0 Å². The molecule has 0 radical (unpaired) electrons. The highest BCUT2D eigenvalue weighted by molar-refractivity contribution is 5.65. The van der Waals surface area contributed by atoms with Gasteiger partial charge in [0, 0.05) is 35.2 Å². The zero-order valence-corrected chi connectivity index (χ0v) is 18.4. The Bertz CT molecular complexity index is 1200. The van der Waals surface area contributed by atoms with Gasteiger partial charge in [-0.1, -0.05) is 18.2 Å². The molecule has 3 heteroatoms. The molecule has 5 rings (SSSR count). The number of aromatic nitrogens is 2. The molecule has 3 aromatic rings. The highest BCUT2D eigenvalue weighted by Gasteiger charge is 2.42. The predicted octanol–water partition coefficient (Wildman–Crippen LogP) is 5.91. The van der Waals surface area contributed by atoms with E-state index in [1.54, 1.807) is 6.92 Å². The van der Waals surface area contributed by atoms with Crippen LogP contribution in [-0.4, -0.2) is 5.11 Å². The lowest BCUT2D eigenvalue weighted by Crippen LogP contribution is -2.49. The number of rotatable bonds is 0. The molecule has 31 heavy (non-hydrogen) atoms. The summed E-state index contributed by atoms with van der Waals surface area (Å²) < 4.78 is 4.67. The van der Waals surface area contributed by atoms with Gasteiger partial charge in [0.1, 0.15) is 0 Å². The minimum atomic E-state index is 0.320. The van der Waals surface area contributed by atoms with Crippen LogP contribution in [0.5, 0.6) is 0 Å². The summed E-state index contributed by atoms with van der Waals surface area (Å²) in [4.78, 5) is 0. The molecule has 2 aliphatic rings. The molecule has 0 saturated heterocycles. The molecule has 0 fully saturated rings. The maximum absolute atomic E-state index is 10.5. The van der Waals surface area contributed by atoms with Gasteiger partial charge < -0.3 is 5.11 Å². The topological polar surface area (TPSA) is 28.0 Å². The fourth-order valence-electron chi connectivity index (χ4n) is 5.46. The van der Waals surface area contributed by atoms with Crippen molar-refractivity contribution in [1.29, 1.82) is 0 Å². The molecule has 0 spiro atoms. The van der Waals surface area contributed by atoms with Crippen LogP contribution >= 0.6 is 0 Å². The molecule has 1 N–H and O–H groups in total. The minimum Gasteiger partial charge on any atom is -0.512 e. The zero-order valence-electron chi connectivity index (χ0n) is 18.4. The molecular formula is C28H30N2O+2. The maximum Gasteiger partial charge on any atom is 0.217 e. The van der Waals surface area contributed by atoms with Crippen molar-refractivity contribution in [1.82, 2.24) is 0 Å². The normalized spacial score (nSPS) is 21.9. The van der Waals surface area contributed by atoms with Gasteiger partial charge in [0.2, 0.25) is 11.4 Å². The van der Waals surface area contributed by atoms with Gasteiger partial charge in [0.25, 0.3) is 0 Å². The van der Waals surface area contributed by atoms with Crippen molar-refractivity contribution in [3.8, 4) is 11.3 Å². The van der Waals surface area contributed by atoms with Crippen LogP contribution in [0.15, 0.2) is 79.3 Å². The highest BCUT2D eigenvalue weighted by Crippen LogP contribution is 2.44. The number of fused-ring (bicyclic) bond motifs is 7. The summed E-state index contributed by atoms with van der Waals surface area (Å²) in [5.41, 5.74) is 8.40. The number of hydrogen-bond acceptors (Lipinski definition) is 1. The first-order valence-electron chi connectivity index (χ1n) is 11.2. The van der Waals surface area contributed by atoms with Gasteiger partial charge in [-0.15, -0.1) is 0 Å². The Morgan fingerprint density at radius 1 is 1.03 bits per heavy atom. The Labute approximate surface area is 184 Å². The van der Waals surface area contributed by atoms with Crippen molar-refractivity contribution in [2.75, 3.05) is 0 Å². The average molecular weight is 411 g/mol. The second kappa shape index (κ2) is 7.81. The van der Waals surface area contributed by atoms with Crippen molar-refractivity contribution >= 4 is 11.3 Å². The Kier molecular flexibility index (Phi) is 4.97. The molecule has 2 unspecified atom stereocenters. The van der Waals surface area contributed by atoms with Gasteiger partial charge in [-0.2, -0.15) is 9.13 Å². The van der Waals surface area contributed by atoms with Crippen LogP contribution in [0.2, 0.25) is 0 Å². The fourth-order valence-corrected chi connectivity index (χ4v) is 5.46. The van der Waals surface area contributed by atoms with E-state index in [-0.39, 0.29) is 0 Å². The second-order valence-corrected chi connectivity index (χ2v) is 8.94. The number of aliphatic hydroxyl groups excluding tert-OH is 1. The van der Waals surface area contributed by atoms with Gasteiger partial charge >= 0.3 is 0 Å². The number of allylic oxidation sites excluding steroid dienone is 3. The number of hydrogen-bond donors (Lipinski definition) is 1. The van der Waals surface area contributed by atoms with Gasteiger partial charge in [0.05, 0.1) is 17.8 Å². The number of aliphatic hydroxyl groups is 1. The molecule has 0 bridgehead atoms. The number of aryl methyl sites for hydroxylation is 1. The first-order valence-corrected chi connectivity index (χ1v) is 11.2. The van der Waals surface area contributed by atoms with Crippen LogP contribution in [0.25, 0.3) is 22.5 Å². The Balaban J connectivity index is 1.68. The van der Waals surface area contributed by atoms with E-state index in [2.05, 4.69) is 89.6 Å². The monoisotopic (exact) mass is 410 g/mol. The molecule has 4 heterocycles. The van der Waals surface area contributed by atoms with Crippen molar-refractivity contribution in [3.05, 3.63) is 96.1 Å². The standard InChI is InChI=1S/C28H29N2O/c1-19-14-15-27-22(21(3)31)11-8-12-25-23-9-4-5-10-24(23)26-13-6-7-16-29(26)28(25)17-20(2)30(27)18-19/h4-7,9-10,13-16,18,25,28H,2,8,11-12,17H2,1,3H3/q+1/p+1. The van der Waals surface area contributed by atoms with E-state index in [4.69, 9.17) is 0 Å². The molecule has 2 aliphatic heterocycles. The molecule has 0 aliphatic carbocycles. The van der Waals surface area contributed by atoms with E-state index in [0.717, 1.165) is 42.6 Å². The van der Waals surface area contributed by atoms with E-state index in [9.17, 15) is 5.11 Å². The van der Waals surface area contributed by atoms with Crippen LogP contribution in [0, 0.1) is 6.92 Å². The smallest absolute Gasteiger partial charge is 0.217 e. The zero-order chi connectivity index (χ0) is 21.5. The van der Waals surface area contributed by atoms with Crippen molar-refractivity contribution in [3.63, 3.8) is 0 Å². The van der Waals surface area contributed by atoms with Crippen LogP contribution in [0.1, 0.15) is 61.4 Å².